The highest BCUT2D eigenvalue weighted by Crippen LogP contribution is 2.36. The van der Waals surface area contributed by atoms with Crippen LogP contribution in [0.15, 0.2) is 60.8 Å². The van der Waals surface area contributed by atoms with E-state index in [2.05, 4.69) is 20.9 Å². The lowest BCUT2D eigenvalue weighted by molar-refractivity contribution is -0.139. The highest BCUT2D eigenvalue weighted by atomic mass is 35.5. The number of carbonyl (C=O) groups is 3. The zero-order valence-electron chi connectivity index (χ0n) is 23.7. The van der Waals surface area contributed by atoms with Gasteiger partial charge in [-0.15, -0.1) is 0 Å². The molecule has 10 nitrogen and oxygen atoms in total. The summed E-state index contributed by atoms with van der Waals surface area (Å²) in [5.41, 5.74) is -0.387. The van der Waals surface area contributed by atoms with Crippen LogP contribution in [0.3, 0.4) is 0 Å². The van der Waals surface area contributed by atoms with Crippen molar-refractivity contribution in [3.05, 3.63) is 77.1 Å². The zero-order chi connectivity index (χ0) is 32.0. The van der Waals surface area contributed by atoms with Gasteiger partial charge < -0.3 is 20.7 Å². The van der Waals surface area contributed by atoms with Gasteiger partial charge in [-0.25, -0.2) is 10.3 Å². The van der Waals surface area contributed by atoms with Crippen LogP contribution >= 0.6 is 11.6 Å². The topological polar surface area (TPSA) is 142 Å². The molecular formula is C29H31ClF3N5O5. The number of carbonyl (C=O) groups excluding carboxylic acids is 3. The van der Waals surface area contributed by atoms with E-state index in [1.165, 1.54) is 30.5 Å². The van der Waals surface area contributed by atoms with Gasteiger partial charge in [0.25, 0.3) is 5.91 Å². The summed E-state index contributed by atoms with van der Waals surface area (Å²) in [7, 11) is 0. The summed E-state index contributed by atoms with van der Waals surface area (Å²) >= 11 is 5.61. The normalized spacial score (nSPS) is 11.8. The van der Waals surface area contributed by atoms with E-state index in [0.29, 0.717) is 23.6 Å². The maximum Gasteiger partial charge on any atom is 0.417 e. The third kappa shape index (κ3) is 9.58. The molecule has 0 saturated heterocycles. The number of alkyl halides is 3. The molecule has 230 valence electrons. The molecule has 0 aliphatic rings. The lowest BCUT2D eigenvalue weighted by atomic mass is 9.74. The zero-order valence-corrected chi connectivity index (χ0v) is 24.5. The van der Waals surface area contributed by atoms with Gasteiger partial charge in [-0.3, -0.25) is 19.8 Å². The molecule has 0 atom stereocenters. The number of nitrogens with zero attached hydrogens (tertiary/aromatic N) is 1. The van der Waals surface area contributed by atoms with Crippen LogP contribution in [0.1, 0.15) is 50.2 Å². The first-order valence-electron chi connectivity index (χ1n) is 12.9. The fourth-order valence-corrected chi connectivity index (χ4v) is 4.58. The number of hydrogen-bond donors (Lipinski definition) is 5. The summed E-state index contributed by atoms with van der Waals surface area (Å²) in [6, 6.07) is 11.4. The first-order valence-corrected chi connectivity index (χ1v) is 13.3. The van der Waals surface area contributed by atoms with Crippen molar-refractivity contribution in [3.8, 4) is 11.5 Å². The van der Waals surface area contributed by atoms with Gasteiger partial charge in [0.1, 0.15) is 17.2 Å². The van der Waals surface area contributed by atoms with Crippen molar-refractivity contribution in [1.29, 1.82) is 0 Å². The molecule has 0 saturated carbocycles. The van der Waals surface area contributed by atoms with Crippen molar-refractivity contribution in [3.63, 3.8) is 0 Å². The molecule has 2 aromatic carbocycles. The first-order chi connectivity index (χ1) is 20.0. The number of ether oxygens (including phenoxy) is 1. The van der Waals surface area contributed by atoms with Crippen LogP contribution in [0.4, 0.5) is 29.3 Å². The molecule has 0 unspecified atom stereocenters. The SMILES string of the molecule is CC(C)(CNC(=O)c1cc(Oc2ccc(NC(=O)Nc3ccc(Cl)c(C(F)(F)F)c3)cc2)ccn1)CC(C)(C)C(=O)NO. The lowest BCUT2D eigenvalue weighted by Gasteiger charge is -2.33. The summed E-state index contributed by atoms with van der Waals surface area (Å²) in [4.78, 5) is 41.0. The van der Waals surface area contributed by atoms with Crippen molar-refractivity contribution < 1.29 is 37.5 Å². The monoisotopic (exact) mass is 621 g/mol. The predicted molar refractivity (Wildman–Crippen MR) is 154 cm³/mol. The average Bonchev–Trinajstić information content (AvgIpc) is 2.92. The Hall–Kier alpha value is -4.36. The Morgan fingerprint density at radius 1 is 0.907 bits per heavy atom. The van der Waals surface area contributed by atoms with Crippen LogP contribution < -0.4 is 26.2 Å². The highest BCUT2D eigenvalue weighted by Gasteiger charge is 2.35. The molecule has 0 radical (unpaired) electrons. The van der Waals surface area contributed by atoms with Gasteiger partial charge in [0.15, 0.2) is 0 Å². The molecule has 1 heterocycles. The Morgan fingerprint density at radius 3 is 2.16 bits per heavy atom. The van der Waals surface area contributed by atoms with Gasteiger partial charge in [-0.1, -0.05) is 39.3 Å². The van der Waals surface area contributed by atoms with E-state index in [-0.39, 0.29) is 17.9 Å². The third-order valence-electron chi connectivity index (χ3n) is 6.21. The van der Waals surface area contributed by atoms with Crippen LogP contribution in [-0.4, -0.2) is 34.6 Å². The maximum atomic E-state index is 13.1. The minimum atomic E-state index is -4.67. The number of pyridine rings is 1. The van der Waals surface area contributed by atoms with Crippen LogP contribution in [0.5, 0.6) is 11.5 Å². The Balaban J connectivity index is 1.57. The van der Waals surface area contributed by atoms with Gasteiger partial charge in [0.05, 0.1) is 10.6 Å². The van der Waals surface area contributed by atoms with E-state index in [1.54, 1.807) is 37.5 Å². The van der Waals surface area contributed by atoms with E-state index in [4.69, 9.17) is 21.5 Å². The number of hydrogen-bond acceptors (Lipinski definition) is 6. The fraction of sp³-hybridized carbons (Fsp3) is 0.310. The van der Waals surface area contributed by atoms with Crippen molar-refractivity contribution in [2.75, 3.05) is 17.2 Å². The van der Waals surface area contributed by atoms with E-state index in [9.17, 15) is 27.6 Å². The second kappa shape index (κ2) is 13.3. The van der Waals surface area contributed by atoms with E-state index >= 15 is 0 Å². The smallest absolute Gasteiger partial charge is 0.417 e. The van der Waals surface area contributed by atoms with E-state index in [0.717, 1.165) is 12.1 Å². The number of aromatic nitrogens is 1. The molecule has 3 aromatic rings. The molecule has 0 aliphatic carbocycles. The second-order valence-corrected chi connectivity index (χ2v) is 11.5. The summed E-state index contributed by atoms with van der Waals surface area (Å²) in [6.45, 7) is 7.40. The standard InChI is InChI=1S/C29H31ClF3N5O5/c1-27(2,15-28(3,4)25(40)38-42)16-35-24(39)23-14-20(11-12-34-23)43-19-8-5-17(6-9-19)36-26(41)37-18-7-10-22(30)21(13-18)29(31,32)33/h5-14,42H,15-16H2,1-4H3,(H,35,39)(H,38,40)(H2,36,37,41). The van der Waals surface area contributed by atoms with E-state index < -0.39 is 45.4 Å². The number of benzene rings is 2. The minimum Gasteiger partial charge on any atom is -0.457 e. The first kappa shape index (κ1) is 33.1. The maximum absolute atomic E-state index is 13.1. The van der Waals surface area contributed by atoms with Crippen molar-refractivity contribution in [2.45, 2.75) is 40.3 Å². The highest BCUT2D eigenvalue weighted by molar-refractivity contribution is 6.31. The van der Waals surface area contributed by atoms with Crippen molar-refractivity contribution in [2.24, 2.45) is 10.8 Å². The Morgan fingerprint density at radius 2 is 1.53 bits per heavy atom. The van der Waals surface area contributed by atoms with Crippen molar-refractivity contribution in [1.82, 2.24) is 15.8 Å². The summed E-state index contributed by atoms with van der Waals surface area (Å²) in [6.07, 6.45) is -2.88. The molecule has 5 N–H and O–H groups in total. The number of anilines is 2. The largest absolute Gasteiger partial charge is 0.457 e. The number of hydroxylamine groups is 1. The average molecular weight is 622 g/mol. The summed E-state index contributed by atoms with van der Waals surface area (Å²) in [5, 5.41) is 16.1. The van der Waals surface area contributed by atoms with Gasteiger partial charge in [-0.2, -0.15) is 13.2 Å². The van der Waals surface area contributed by atoms with Crippen molar-refractivity contribution >= 4 is 40.8 Å². The van der Waals surface area contributed by atoms with Gasteiger partial charge in [-0.05, 0) is 60.4 Å². The minimum absolute atomic E-state index is 0.0896. The van der Waals surface area contributed by atoms with Crippen LogP contribution in [0, 0.1) is 10.8 Å². The molecule has 0 bridgehead atoms. The molecule has 4 amide bonds. The number of urea groups is 1. The molecular weight excluding hydrogens is 591 g/mol. The second-order valence-electron chi connectivity index (χ2n) is 11.1. The number of amides is 4. The molecule has 0 spiro atoms. The van der Waals surface area contributed by atoms with Gasteiger partial charge in [0, 0.05) is 35.6 Å². The molecule has 14 heteroatoms. The fourth-order valence-electron chi connectivity index (χ4n) is 4.36. The number of nitrogens with one attached hydrogen (secondary N) is 4. The molecule has 1 aromatic heterocycles. The predicted octanol–water partition coefficient (Wildman–Crippen LogP) is 6.87. The van der Waals surface area contributed by atoms with Crippen LogP contribution in [-0.2, 0) is 11.0 Å². The molecule has 43 heavy (non-hydrogen) atoms. The molecule has 0 fully saturated rings. The molecule has 3 rings (SSSR count). The lowest BCUT2D eigenvalue weighted by Crippen LogP contribution is -2.42. The van der Waals surface area contributed by atoms with Crippen LogP contribution in [0.25, 0.3) is 0 Å². The number of halogens is 4. The Kier molecular flexibility index (Phi) is 10.3. The summed E-state index contributed by atoms with van der Waals surface area (Å²) in [5.74, 6) is -0.272. The number of rotatable bonds is 10. The quantitative estimate of drug-likeness (QED) is 0.124. The molecule has 0 aliphatic heterocycles. The summed E-state index contributed by atoms with van der Waals surface area (Å²) < 4.78 is 45.0. The van der Waals surface area contributed by atoms with Gasteiger partial charge >= 0.3 is 12.2 Å². The van der Waals surface area contributed by atoms with Gasteiger partial charge in [0.2, 0.25) is 5.91 Å². The third-order valence-corrected chi connectivity index (χ3v) is 6.54. The van der Waals surface area contributed by atoms with Crippen LogP contribution in [0.2, 0.25) is 5.02 Å². The van der Waals surface area contributed by atoms with E-state index in [1.807, 2.05) is 13.8 Å². The Bertz CT molecular complexity index is 1480. The Labute approximate surface area is 250 Å².